The standard InChI is InChI=1S/C17H24FNO2/c1-4-16(2)11-17(7-8-20-16)10-14(19-3)13-9-12(18)5-6-15(13)21-17/h5-6,9,14,19H,4,7-8,10-11H2,1-3H3. The summed E-state index contributed by atoms with van der Waals surface area (Å²) in [5.74, 6) is 0.598. The normalized spacial score (nSPS) is 35.3. The van der Waals surface area contributed by atoms with Gasteiger partial charge < -0.3 is 14.8 Å². The van der Waals surface area contributed by atoms with Crippen molar-refractivity contribution in [2.45, 2.75) is 56.8 Å². The van der Waals surface area contributed by atoms with Gasteiger partial charge >= 0.3 is 0 Å². The van der Waals surface area contributed by atoms with Crippen molar-refractivity contribution in [2.24, 2.45) is 0 Å². The van der Waals surface area contributed by atoms with E-state index >= 15 is 0 Å². The number of benzene rings is 1. The highest BCUT2D eigenvalue weighted by molar-refractivity contribution is 5.39. The highest BCUT2D eigenvalue weighted by atomic mass is 19.1. The van der Waals surface area contributed by atoms with Crippen molar-refractivity contribution in [3.63, 3.8) is 0 Å². The third kappa shape index (κ3) is 2.67. The topological polar surface area (TPSA) is 30.5 Å². The zero-order valence-corrected chi connectivity index (χ0v) is 13.0. The van der Waals surface area contributed by atoms with Gasteiger partial charge in [0.25, 0.3) is 0 Å². The Bertz CT molecular complexity index is 536. The number of fused-ring (bicyclic) bond motifs is 1. The molecule has 1 aromatic carbocycles. The third-order valence-corrected chi connectivity index (χ3v) is 5.05. The highest BCUT2D eigenvalue weighted by Crippen LogP contribution is 2.47. The molecule has 0 bridgehead atoms. The van der Waals surface area contributed by atoms with E-state index in [1.807, 2.05) is 7.05 Å². The maximum Gasteiger partial charge on any atom is 0.125 e. The average molecular weight is 293 g/mol. The molecule has 3 nitrogen and oxygen atoms in total. The van der Waals surface area contributed by atoms with Gasteiger partial charge in [0.05, 0.1) is 12.2 Å². The molecule has 1 spiro atoms. The first-order valence-corrected chi connectivity index (χ1v) is 7.79. The maximum atomic E-state index is 13.5. The van der Waals surface area contributed by atoms with Gasteiger partial charge in [-0.1, -0.05) is 6.92 Å². The molecule has 116 valence electrons. The van der Waals surface area contributed by atoms with Crippen LogP contribution < -0.4 is 10.1 Å². The molecular weight excluding hydrogens is 269 g/mol. The largest absolute Gasteiger partial charge is 0.487 e. The minimum Gasteiger partial charge on any atom is -0.487 e. The number of ether oxygens (including phenoxy) is 2. The first kappa shape index (κ1) is 14.8. The summed E-state index contributed by atoms with van der Waals surface area (Å²) in [4.78, 5) is 0. The summed E-state index contributed by atoms with van der Waals surface area (Å²) in [6.45, 7) is 5.03. The molecule has 21 heavy (non-hydrogen) atoms. The van der Waals surface area contributed by atoms with E-state index in [0.717, 1.165) is 43.6 Å². The number of halogens is 1. The molecule has 0 saturated carbocycles. The van der Waals surface area contributed by atoms with E-state index < -0.39 is 0 Å². The van der Waals surface area contributed by atoms with Gasteiger partial charge in [-0.05, 0) is 38.6 Å². The van der Waals surface area contributed by atoms with Gasteiger partial charge in [-0.15, -0.1) is 0 Å². The fourth-order valence-electron chi connectivity index (χ4n) is 3.69. The Labute approximate surface area is 125 Å². The molecule has 0 aromatic heterocycles. The van der Waals surface area contributed by atoms with Gasteiger partial charge in [0.2, 0.25) is 0 Å². The molecule has 3 atom stereocenters. The second kappa shape index (κ2) is 5.25. The lowest BCUT2D eigenvalue weighted by atomic mass is 9.75. The molecule has 0 radical (unpaired) electrons. The van der Waals surface area contributed by atoms with Crippen LogP contribution in [-0.4, -0.2) is 24.9 Å². The summed E-state index contributed by atoms with van der Waals surface area (Å²) < 4.78 is 25.8. The van der Waals surface area contributed by atoms with Crippen LogP contribution in [0.5, 0.6) is 5.75 Å². The lowest BCUT2D eigenvalue weighted by molar-refractivity contribution is -0.152. The van der Waals surface area contributed by atoms with Gasteiger partial charge in [-0.25, -0.2) is 4.39 Å². The molecule has 0 aliphatic carbocycles. The number of nitrogens with one attached hydrogen (secondary N) is 1. The Hall–Kier alpha value is -1.13. The van der Waals surface area contributed by atoms with E-state index in [9.17, 15) is 4.39 Å². The molecule has 1 saturated heterocycles. The zero-order valence-electron chi connectivity index (χ0n) is 13.0. The minimum atomic E-state index is -0.209. The van der Waals surface area contributed by atoms with Crippen LogP contribution >= 0.6 is 0 Å². The predicted octanol–water partition coefficient (Wildman–Crippen LogP) is 3.59. The fourth-order valence-corrected chi connectivity index (χ4v) is 3.69. The summed E-state index contributed by atoms with van der Waals surface area (Å²) in [7, 11) is 1.93. The average Bonchev–Trinajstić information content (AvgIpc) is 2.47. The first-order chi connectivity index (χ1) is 9.99. The molecule has 0 amide bonds. The van der Waals surface area contributed by atoms with Gasteiger partial charge in [0.1, 0.15) is 17.2 Å². The second-order valence-corrected chi connectivity index (χ2v) is 6.59. The van der Waals surface area contributed by atoms with E-state index in [1.165, 1.54) is 6.07 Å². The molecule has 2 aliphatic rings. The Kier molecular flexibility index (Phi) is 3.70. The van der Waals surface area contributed by atoms with Crippen molar-refractivity contribution in [3.8, 4) is 5.75 Å². The van der Waals surface area contributed by atoms with Crippen LogP contribution in [0.3, 0.4) is 0 Å². The SMILES string of the molecule is CCC1(C)CC2(CCO1)CC(NC)c1cc(F)ccc1O2. The molecule has 3 unspecified atom stereocenters. The fraction of sp³-hybridized carbons (Fsp3) is 0.647. The Balaban J connectivity index is 1.94. The predicted molar refractivity (Wildman–Crippen MR) is 80.1 cm³/mol. The van der Waals surface area contributed by atoms with E-state index in [4.69, 9.17) is 9.47 Å². The van der Waals surface area contributed by atoms with Gasteiger partial charge in [-0.3, -0.25) is 0 Å². The molecule has 1 aromatic rings. The van der Waals surface area contributed by atoms with Crippen molar-refractivity contribution in [1.29, 1.82) is 0 Å². The van der Waals surface area contributed by atoms with E-state index in [-0.39, 0.29) is 23.1 Å². The van der Waals surface area contributed by atoms with E-state index in [2.05, 4.69) is 19.2 Å². The monoisotopic (exact) mass is 293 g/mol. The Morgan fingerprint density at radius 2 is 2.24 bits per heavy atom. The van der Waals surface area contributed by atoms with Crippen LogP contribution in [0, 0.1) is 5.82 Å². The van der Waals surface area contributed by atoms with Gasteiger partial charge in [-0.2, -0.15) is 0 Å². The molecule has 3 rings (SSSR count). The van der Waals surface area contributed by atoms with Crippen LogP contribution in [0.2, 0.25) is 0 Å². The van der Waals surface area contributed by atoms with Gasteiger partial charge in [0.15, 0.2) is 0 Å². The Morgan fingerprint density at radius 1 is 1.43 bits per heavy atom. The summed E-state index contributed by atoms with van der Waals surface area (Å²) in [5.41, 5.74) is 0.586. The first-order valence-electron chi connectivity index (χ1n) is 7.79. The van der Waals surface area contributed by atoms with Crippen LogP contribution in [0.25, 0.3) is 0 Å². The molecular formula is C17H24FNO2. The van der Waals surface area contributed by atoms with Crippen molar-refractivity contribution < 1.29 is 13.9 Å². The van der Waals surface area contributed by atoms with Crippen molar-refractivity contribution in [2.75, 3.05) is 13.7 Å². The lowest BCUT2D eigenvalue weighted by Gasteiger charge is -2.49. The molecule has 4 heteroatoms. The van der Waals surface area contributed by atoms with E-state index in [0.29, 0.717) is 0 Å². The summed E-state index contributed by atoms with van der Waals surface area (Å²) >= 11 is 0. The highest BCUT2D eigenvalue weighted by Gasteiger charge is 2.48. The second-order valence-electron chi connectivity index (χ2n) is 6.59. The Morgan fingerprint density at radius 3 is 2.95 bits per heavy atom. The number of hydrogen-bond acceptors (Lipinski definition) is 3. The zero-order chi connectivity index (χ0) is 15.1. The smallest absolute Gasteiger partial charge is 0.125 e. The van der Waals surface area contributed by atoms with Crippen molar-refractivity contribution in [3.05, 3.63) is 29.6 Å². The number of hydrogen-bond donors (Lipinski definition) is 1. The summed E-state index contributed by atoms with van der Waals surface area (Å²) in [6.07, 6.45) is 3.60. The van der Waals surface area contributed by atoms with Crippen LogP contribution in [0.15, 0.2) is 18.2 Å². The van der Waals surface area contributed by atoms with Crippen LogP contribution in [-0.2, 0) is 4.74 Å². The lowest BCUT2D eigenvalue weighted by Crippen LogP contribution is -2.53. The van der Waals surface area contributed by atoms with Crippen molar-refractivity contribution in [1.82, 2.24) is 5.32 Å². The third-order valence-electron chi connectivity index (χ3n) is 5.05. The van der Waals surface area contributed by atoms with E-state index in [1.54, 1.807) is 12.1 Å². The quantitative estimate of drug-likeness (QED) is 0.904. The number of rotatable bonds is 2. The minimum absolute atomic E-state index is 0.128. The maximum absolute atomic E-state index is 13.5. The van der Waals surface area contributed by atoms with Crippen molar-refractivity contribution >= 4 is 0 Å². The van der Waals surface area contributed by atoms with Crippen LogP contribution in [0.1, 0.15) is 51.1 Å². The summed E-state index contributed by atoms with van der Waals surface area (Å²) in [5, 5.41) is 3.32. The molecule has 2 heterocycles. The molecule has 1 fully saturated rings. The van der Waals surface area contributed by atoms with Crippen LogP contribution in [0.4, 0.5) is 4.39 Å². The van der Waals surface area contributed by atoms with Gasteiger partial charge in [0, 0.05) is 30.9 Å². The molecule has 1 N–H and O–H groups in total. The molecule has 2 aliphatic heterocycles. The summed E-state index contributed by atoms with van der Waals surface area (Å²) in [6, 6.07) is 4.95.